The van der Waals surface area contributed by atoms with Gasteiger partial charge in [0.2, 0.25) is 11.5 Å². The summed E-state index contributed by atoms with van der Waals surface area (Å²) in [5, 5.41) is 19.6. The van der Waals surface area contributed by atoms with E-state index in [1.54, 1.807) is 12.3 Å². The van der Waals surface area contributed by atoms with Gasteiger partial charge in [0.25, 0.3) is 0 Å². The monoisotopic (exact) mass is 226 g/mol. The van der Waals surface area contributed by atoms with Crippen LogP contribution < -0.4 is 21.7 Å². The van der Waals surface area contributed by atoms with Crippen LogP contribution in [0.1, 0.15) is 5.69 Å². The first-order valence-corrected chi connectivity index (χ1v) is 3.93. The number of H-pyrrole nitrogens is 1. The van der Waals surface area contributed by atoms with Gasteiger partial charge in [0, 0.05) is 12.1 Å². The lowest BCUT2D eigenvalue weighted by molar-refractivity contribution is -0.380. The van der Waals surface area contributed by atoms with Crippen molar-refractivity contribution in [2.75, 3.05) is 0 Å². The molecular weight excluding hydrogens is 216 g/mol. The number of rotatable bonds is 1. The van der Waals surface area contributed by atoms with Crippen molar-refractivity contribution in [2.24, 2.45) is 16.7 Å². The van der Waals surface area contributed by atoms with Gasteiger partial charge in [-0.1, -0.05) is 0 Å². The fraction of sp³-hybridized carbons (Fsp3) is 0. The van der Waals surface area contributed by atoms with Gasteiger partial charge in [-0.15, -0.1) is 0 Å². The Bertz CT molecular complexity index is 378. The third kappa shape index (κ3) is 5.17. The van der Waals surface area contributed by atoms with Crippen molar-refractivity contribution in [3.05, 3.63) is 30.1 Å². The molecule has 0 saturated carbocycles. The van der Waals surface area contributed by atoms with E-state index in [0.717, 1.165) is 5.69 Å². The summed E-state index contributed by atoms with van der Waals surface area (Å²) in [6.07, 6.45) is 1.76. The summed E-state index contributed by atoms with van der Waals surface area (Å²) in [6.45, 7) is 0. The molecule has 0 aromatic carbocycles. The van der Waals surface area contributed by atoms with E-state index in [4.69, 9.17) is 31.4 Å². The number of hydrazone groups is 1. The number of pyridine rings is 1. The minimum absolute atomic E-state index is 0.306. The number of hydrogen-bond donors (Lipinski definition) is 3. The molecule has 86 valence electrons. The van der Waals surface area contributed by atoms with Gasteiger partial charge in [-0.2, -0.15) is 5.10 Å². The maximum Gasteiger partial charge on any atom is 0.351 e. The summed E-state index contributed by atoms with van der Waals surface area (Å²) in [7, 11) is 0. The van der Waals surface area contributed by atoms with Crippen molar-refractivity contribution in [2.45, 2.75) is 0 Å². The molecule has 8 nitrogen and oxygen atoms in total. The van der Waals surface area contributed by atoms with Gasteiger partial charge in [0.1, 0.15) is 0 Å². The number of nitrogens with two attached hydrogens (primary N) is 2. The second-order valence-corrected chi connectivity index (χ2v) is 2.38. The van der Waals surface area contributed by atoms with E-state index >= 15 is 0 Å². The number of aromatic nitrogens is 1. The Morgan fingerprint density at radius 2 is 2.00 bits per heavy atom. The number of carbonyl (C=O) groups is 2. The lowest BCUT2D eigenvalue weighted by Gasteiger charge is -1.88. The Balaban J connectivity index is 0.000000325. The van der Waals surface area contributed by atoms with Gasteiger partial charge in [-0.25, -0.2) is 9.78 Å². The van der Waals surface area contributed by atoms with Crippen LogP contribution >= 0.6 is 0 Å². The maximum atomic E-state index is 9.04. The Morgan fingerprint density at radius 1 is 1.44 bits per heavy atom. The zero-order valence-corrected chi connectivity index (χ0v) is 8.08. The van der Waals surface area contributed by atoms with E-state index in [1.165, 1.54) is 0 Å². The molecule has 8 heteroatoms. The van der Waals surface area contributed by atoms with Crippen LogP contribution in [0, 0.1) is 0 Å². The summed E-state index contributed by atoms with van der Waals surface area (Å²) < 4.78 is 0. The molecule has 1 rings (SSSR count). The van der Waals surface area contributed by atoms with Crippen LogP contribution in [-0.4, -0.2) is 22.9 Å². The molecule has 1 aromatic rings. The van der Waals surface area contributed by atoms with E-state index in [1.807, 2.05) is 12.1 Å². The molecule has 0 amide bonds. The molecule has 0 spiro atoms. The molecular formula is C8H10N4O4. The third-order valence-corrected chi connectivity index (χ3v) is 1.30. The standard InChI is InChI=1S/C6H8N4.C2H2O4/c7-6(10-8)5-3-1-2-4-9-5;3-1(4)2(5)6/h1-4H,8H2,(H2,7,10);(H,3,4)(H,5,6). The first-order valence-electron chi connectivity index (χ1n) is 3.93. The summed E-state index contributed by atoms with van der Waals surface area (Å²) in [6, 6.07) is 5.50. The number of carboxylic acids is 2. The van der Waals surface area contributed by atoms with Crippen LogP contribution in [0.3, 0.4) is 0 Å². The van der Waals surface area contributed by atoms with Crippen LogP contribution in [0.25, 0.3) is 0 Å². The topological polar surface area (TPSA) is 156 Å². The number of aliphatic carboxylic acids is 2. The minimum Gasteiger partial charge on any atom is -0.539 e. The minimum atomic E-state index is -2.07. The lowest BCUT2D eigenvalue weighted by atomic mass is 10.3. The lowest BCUT2D eigenvalue weighted by Crippen LogP contribution is -2.30. The molecule has 16 heavy (non-hydrogen) atoms. The summed E-state index contributed by atoms with van der Waals surface area (Å²) in [4.78, 5) is 20.9. The average Bonchev–Trinajstić information content (AvgIpc) is 2.30. The molecule has 1 heterocycles. The van der Waals surface area contributed by atoms with E-state index in [-0.39, 0.29) is 0 Å². The molecule has 1 aromatic heterocycles. The van der Waals surface area contributed by atoms with Crippen LogP contribution in [0.5, 0.6) is 0 Å². The molecule has 0 aliphatic rings. The fourth-order valence-corrected chi connectivity index (χ4v) is 0.622. The molecule has 6 N–H and O–H groups in total. The van der Waals surface area contributed by atoms with Crippen molar-refractivity contribution >= 4 is 17.8 Å². The summed E-state index contributed by atoms with van der Waals surface area (Å²) >= 11 is 0. The molecule has 0 fully saturated rings. The van der Waals surface area contributed by atoms with Gasteiger partial charge in [-0.05, 0) is 6.07 Å². The molecule has 0 aliphatic heterocycles. The maximum absolute atomic E-state index is 9.04. The van der Waals surface area contributed by atoms with Crippen LogP contribution in [-0.2, 0) is 9.59 Å². The van der Waals surface area contributed by atoms with Crippen LogP contribution in [0.15, 0.2) is 29.5 Å². The third-order valence-electron chi connectivity index (χ3n) is 1.30. The van der Waals surface area contributed by atoms with Gasteiger partial charge in [0.15, 0.2) is 12.2 Å². The van der Waals surface area contributed by atoms with E-state index in [9.17, 15) is 0 Å². The van der Waals surface area contributed by atoms with E-state index in [2.05, 4.69) is 10.1 Å². The highest BCUT2D eigenvalue weighted by Crippen LogP contribution is 1.84. The number of nitrogens with one attached hydrogen (secondary N) is 1. The Hall–Kier alpha value is -2.64. The smallest absolute Gasteiger partial charge is 0.351 e. The first kappa shape index (κ1) is 13.4. The van der Waals surface area contributed by atoms with Crippen LogP contribution in [0.2, 0.25) is 0 Å². The quantitative estimate of drug-likeness (QED) is 0.151. The van der Waals surface area contributed by atoms with Gasteiger partial charge in [0.05, 0.1) is 0 Å². The van der Waals surface area contributed by atoms with Crippen molar-refractivity contribution in [1.29, 1.82) is 0 Å². The van der Waals surface area contributed by atoms with Gasteiger partial charge >= 0.3 is 5.97 Å². The molecule has 0 aliphatic carbocycles. The fourth-order valence-electron chi connectivity index (χ4n) is 0.622. The number of carbonyl (C=O) groups excluding carboxylic acids is 1. The molecule has 0 atom stereocenters. The van der Waals surface area contributed by atoms with Crippen molar-refractivity contribution in [3.63, 3.8) is 0 Å². The Labute approximate surface area is 90.2 Å². The zero-order chi connectivity index (χ0) is 12.6. The SMILES string of the molecule is N/N=C(\N)c1cccc[nH+]1.O=C([O-])C(=O)O. The predicted octanol–water partition coefficient (Wildman–Crippen LogP) is -3.10. The Kier molecular flexibility index (Phi) is 5.65. The molecule has 0 unspecified atom stereocenters. The van der Waals surface area contributed by atoms with Crippen LogP contribution in [0.4, 0.5) is 0 Å². The largest absolute Gasteiger partial charge is 0.539 e. The highest BCUT2D eigenvalue weighted by atomic mass is 16.4. The number of hydrogen-bond acceptors (Lipinski definition) is 5. The summed E-state index contributed by atoms with van der Waals surface area (Å²) in [5.41, 5.74) is 6.11. The average molecular weight is 226 g/mol. The van der Waals surface area contributed by atoms with Gasteiger partial charge in [-0.3, -0.25) is 0 Å². The molecule has 0 saturated heterocycles. The van der Waals surface area contributed by atoms with E-state index in [0.29, 0.717) is 5.84 Å². The highest BCUT2D eigenvalue weighted by Gasteiger charge is 2.01. The summed E-state index contributed by atoms with van der Waals surface area (Å²) in [5.74, 6) is 1.24. The first-order chi connectivity index (χ1) is 7.49. The van der Waals surface area contributed by atoms with Crippen molar-refractivity contribution < 1.29 is 24.8 Å². The number of amidine groups is 1. The van der Waals surface area contributed by atoms with Crippen molar-refractivity contribution in [1.82, 2.24) is 0 Å². The van der Waals surface area contributed by atoms with E-state index < -0.39 is 11.9 Å². The molecule has 0 radical (unpaired) electrons. The second kappa shape index (κ2) is 6.76. The number of aromatic amines is 1. The number of nitrogens with zero attached hydrogens (tertiary/aromatic N) is 1. The zero-order valence-electron chi connectivity index (χ0n) is 8.08. The van der Waals surface area contributed by atoms with Gasteiger partial charge < -0.3 is 26.6 Å². The second-order valence-electron chi connectivity index (χ2n) is 2.38. The Morgan fingerprint density at radius 3 is 2.31 bits per heavy atom. The number of carboxylic acid groups (broad SMARTS) is 2. The normalized spacial score (nSPS) is 9.88. The molecule has 0 bridgehead atoms. The van der Waals surface area contributed by atoms with Crippen molar-refractivity contribution in [3.8, 4) is 0 Å². The highest BCUT2D eigenvalue weighted by molar-refractivity contribution is 6.26. The predicted molar refractivity (Wildman–Crippen MR) is 50.6 cm³/mol.